The highest BCUT2D eigenvalue weighted by Gasteiger charge is 2.22. The van der Waals surface area contributed by atoms with Crippen LogP contribution in [0.3, 0.4) is 0 Å². The average Bonchev–Trinajstić information content (AvgIpc) is 2.76. The van der Waals surface area contributed by atoms with Crippen LogP contribution in [-0.4, -0.2) is 56.6 Å². The highest BCUT2D eigenvalue weighted by atomic mass is 16.5. The van der Waals surface area contributed by atoms with E-state index in [1.165, 1.54) is 0 Å². The highest BCUT2D eigenvalue weighted by Crippen LogP contribution is 2.29. The number of nitrogens with one attached hydrogen (secondary N) is 2. The van der Waals surface area contributed by atoms with Gasteiger partial charge in [-0.3, -0.25) is 14.5 Å². The van der Waals surface area contributed by atoms with Gasteiger partial charge in [-0.05, 0) is 37.1 Å². The van der Waals surface area contributed by atoms with E-state index in [0.717, 1.165) is 25.9 Å². The first-order chi connectivity index (χ1) is 14.1. The van der Waals surface area contributed by atoms with Gasteiger partial charge in [-0.1, -0.05) is 18.2 Å². The molecule has 7 heteroatoms. The molecule has 0 bridgehead atoms. The molecule has 154 valence electrons. The Labute approximate surface area is 171 Å². The van der Waals surface area contributed by atoms with Crippen molar-refractivity contribution in [2.45, 2.75) is 18.9 Å². The molecule has 0 atom stereocenters. The van der Waals surface area contributed by atoms with Gasteiger partial charge in [0.15, 0.2) is 0 Å². The molecule has 7 nitrogen and oxygen atoms in total. The van der Waals surface area contributed by atoms with Gasteiger partial charge in [-0.15, -0.1) is 0 Å². The number of carbonyl (C=O) groups excluding carboxylic acids is 2. The molecule has 1 aliphatic heterocycles. The van der Waals surface area contributed by atoms with E-state index in [0.29, 0.717) is 29.3 Å². The summed E-state index contributed by atoms with van der Waals surface area (Å²) < 4.78 is 10.5. The standard InChI is InChI=1S/C22H27N3O4/c1-28-18-8-9-19(20(14-18)29-2)24-21(26)15-25-12-10-17(11-13-25)23-22(27)16-6-4-3-5-7-16/h3-9,14,17H,10-13,15H2,1-2H3,(H,23,27)(H,24,26). The Morgan fingerprint density at radius 1 is 1.03 bits per heavy atom. The van der Waals surface area contributed by atoms with E-state index >= 15 is 0 Å². The maximum absolute atomic E-state index is 12.4. The average molecular weight is 397 g/mol. The molecule has 0 saturated carbocycles. The Balaban J connectivity index is 1.46. The highest BCUT2D eigenvalue weighted by molar-refractivity contribution is 5.94. The van der Waals surface area contributed by atoms with Gasteiger partial charge in [-0.2, -0.15) is 0 Å². The van der Waals surface area contributed by atoms with E-state index in [1.54, 1.807) is 32.4 Å². The van der Waals surface area contributed by atoms with Gasteiger partial charge >= 0.3 is 0 Å². The van der Waals surface area contributed by atoms with Crippen LogP contribution >= 0.6 is 0 Å². The fourth-order valence-corrected chi connectivity index (χ4v) is 3.39. The fraction of sp³-hybridized carbons (Fsp3) is 0.364. The summed E-state index contributed by atoms with van der Waals surface area (Å²) in [6.07, 6.45) is 1.63. The van der Waals surface area contributed by atoms with E-state index in [-0.39, 0.29) is 17.9 Å². The zero-order chi connectivity index (χ0) is 20.6. The van der Waals surface area contributed by atoms with Crippen LogP contribution in [-0.2, 0) is 4.79 Å². The summed E-state index contributed by atoms with van der Waals surface area (Å²) in [4.78, 5) is 26.8. The molecule has 0 aliphatic carbocycles. The number of hydrogen-bond acceptors (Lipinski definition) is 5. The molecule has 2 aromatic rings. The molecule has 29 heavy (non-hydrogen) atoms. The maximum atomic E-state index is 12.4. The van der Waals surface area contributed by atoms with E-state index in [2.05, 4.69) is 15.5 Å². The fourth-order valence-electron chi connectivity index (χ4n) is 3.39. The number of likely N-dealkylation sites (tertiary alicyclic amines) is 1. The lowest BCUT2D eigenvalue weighted by Crippen LogP contribution is -2.46. The number of benzene rings is 2. The molecule has 2 aromatic carbocycles. The van der Waals surface area contributed by atoms with Crippen molar-refractivity contribution in [1.29, 1.82) is 0 Å². The van der Waals surface area contributed by atoms with Gasteiger partial charge in [0, 0.05) is 30.8 Å². The third-order valence-corrected chi connectivity index (χ3v) is 5.01. The molecule has 2 amide bonds. The molecule has 1 fully saturated rings. The molecule has 1 aliphatic rings. The van der Waals surface area contributed by atoms with E-state index in [4.69, 9.17) is 9.47 Å². The Kier molecular flexibility index (Phi) is 7.08. The van der Waals surface area contributed by atoms with E-state index < -0.39 is 0 Å². The Morgan fingerprint density at radius 3 is 2.41 bits per heavy atom. The SMILES string of the molecule is COc1ccc(NC(=O)CN2CCC(NC(=O)c3ccccc3)CC2)c(OC)c1. The van der Waals surface area contributed by atoms with Crippen LogP contribution in [0.4, 0.5) is 5.69 Å². The van der Waals surface area contributed by atoms with Crippen LogP contribution < -0.4 is 20.1 Å². The van der Waals surface area contributed by atoms with Crippen LogP contribution in [0.1, 0.15) is 23.2 Å². The van der Waals surface area contributed by atoms with Gasteiger partial charge in [0.1, 0.15) is 11.5 Å². The van der Waals surface area contributed by atoms with Crippen LogP contribution in [0.15, 0.2) is 48.5 Å². The van der Waals surface area contributed by atoms with Crippen molar-refractivity contribution in [3.05, 3.63) is 54.1 Å². The van der Waals surface area contributed by atoms with Crippen LogP contribution in [0.2, 0.25) is 0 Å². The van der Waals surface area contributed by atoms with E-state index in [9.17, 15) is 9.59 Å². The molecule has 0 spiro atoms. The molecule has 0 unspecified atom stereocenters. The smallest absolute Gasteiger partial charge is 0.251 e. The van der Waals surface area contributed by atoms with Crippen molar-refractivity contribution < 1.29 is 19.1 Å². The topological polar surface area (TPSA) is 79.9 Å². The van der Waals surface area contributed by atoms with Crippen molar-refractivity contribution in [2.75, 3.05) is 39.2 Å². The lowest BCUT2D eigenvalue weighted by molar-refractivity contribution is -0.117. The summed E-state index contributed by atoms with van der Waals surface area (Å²) in [7, 11) is 3.14. The lowest BCUT2D eigenvalue weighted by Gasteiger charge is -2.31. The first kappa shape index (κ1) is 20.7. The second-order valence-corrected chi connectivity index (χ2v) is 7.00. The van der Waals surface area contributed by atoms with Crippen LogP contribution in [0.5, 0.6) is 11.5 Å². The zero-order valence-corrected chi connectivity index (χ0v) is 16.8. The minimum Gasteiger partial charge on any atom is -0.497 e. The third kappa shape index (κ3) is 5.71. The normalized spacial score (nSPS) is 14.8. The molecule has 0 radical (unpaired) electrons. The second kappa shape index (κ2) is 9.93. The van der Waals surface area contributed by atoms with Crippen molar-refractivity contribution in [3.8, 4) is 11.5 Å². The van der Waals surface area contributed by atoms with Gasteiger partial charge in [0.2, 0.25) is 5.91 Å². The number of carbonyl (C=O) groups is 2. The zero-order valence-electron chi connectivity index (χ0n) is 16.8. The monoisotopic (exact) mass is 397 g/mol. The predicted molar refractivity (Wildman–Crippen MR) is 112 cm³/mol. The van der Waals surface area contributed by atoms with Crippen molar-refractivity contribution in [1.82, 2.24) is 10.2 Å². The number of piperidine rings is 1. The minimum absolute atomic E-state index is 0.0478. The number of nitrogens with zero attached hydrogens (tertiary/aromatic N) is 1. The second-order valence-electron chi connectivity index (χ2n) is 7.00. The first-order valence-electron chi connectivity index (χ1n) is 9.69. The molecule has 1 saturated heterocycles. The predicted octanol–water partition coefficient (Wildman–Crippen LogP) is 2.54. The summed E-state index contributed by atoms with van der Waals surface area (Å²) in [5.74, 6) is 1.08. The number of rotatable bonds is 7. The quantitative estimate of drug-likeness (QED) is 0.751. The molecular formula is C22H27N3O4. The van der Waals surface area contributed by atoms with Crippen LogP contribution in [0, 0.1) is 0 Å². The van der Waals surface area contributed by atoms with Gasteiger partial charge < -0.3 is 20.1 Å². The maximum Gasteiger partial charge on any atom is 0.251 e. The van der Waals surface area contributed by atoms with Gasteiger partial charge in [0.25, 0.3) is 5.91 Å². The minimum atomic E-state index is -0.0970. The Bertz CT molecular complexity index is 833. The lowest BCUT2D eigenvalue weighted by atomic mass is 10.0. The van der Waals surface area contributed by atoms with E-state index in [1.807, 2.05) is 30.3 Å². The first-order valence-corrected chi connectivity index (χ1v) is 9.69. The van der Waals surface area contributed by atoms with Crippen molar-refractivity contribution in [2.24, 2.45) is 0 Å². The van der Waals surface area contributed by atoms with Gasteiger partial charge in [0.05, 0.1) is 26.5 Å². The summed E-state index contributed by atoms with van der Waals surface area (Å²) in [5.41, 5.74) is 1.28. The molecule has 0 aromatic heterocycles. The number of anilines is 1. The summed E-state index contributed by atoms with van der Waals surface area (Å²) in [5, 5.41) is 5.97. The molecule has 2 N–H and O–H groups in total. The van der Waals surface area contributed by atoms with Crippen molar-refractivity contribution in [3.63, 3.8) is 0 Å². The molecule has 3 rings (SSSR count). The van der Waals surface area contributed by atoms with Crippen LogP contribution in [0.25, 0.3) is 0 Å². The molecule has 1 heterocycles. The summed E-state index contributed by atoms with van der Waals surface area (Å²) in [6.45, 7) is 1.81. The number of methoxy groups -OCH3 is 2. The summed E-state index contributed by atoms with van der Waals surface area (Å²) >= 11 is 0. The number of ether oxygens (including phenoxy) is 2. The Morgan fingerprint density at radius 2 is 1.76 bits per heavy atom. The largest absolute Gasteiger partial charge is 0.497 e. The number of hydrogen-bond donors (Lipinski definition) is 2. The summed E-state index contributed by atoms with van der Waals surface area (Å²) in [6, 6.07) is 14.6. The van der Waals surface area contributed by atoms with Crippen molar-refractivity contribution >= 4 is 17.5 Å². The number of amides is 2. The van der Waals surface area contributed by atoms with Gasteiger partial charge in [-0.25, -0.2) is 0 Å². The molecular weight excluding hydrogens is 370 g/mol. The Hall–Kier alpha value is -3.06. The third-order valence-electron chi connectivity index (χ3n) is 5.01.